The van der Waals surface area contributed by atoms with Gasteiger partial charge >= 0.3 is 10.1 Å². The third kappa shape index (κ3) is 4.12. The van der Waals surface area contributed by atoms with Crippen LogP contribution in [0, 0.1) is 12.8 Å². The topological polar surface area (TPSA) is 60.4 Å². The summed E-state index contributed by atoms with van der Waals surface area (Å²) < 4.78 is 31.7. The van der Waals surface area contributed by atoms with Crippen molar-refractivity contribution in [1.29, 1.82) is 0 Å². The third-order valence-corrected chi connectivity index (χ3v) is 11.6. The van der Waals surface area contributed by atoms with E-state index in [4.69, 9.17) is 3.63 Å². The number of rotatable bonds is 6. The first kappa shape index (κ1) is 18.9. The molecule has 1 aromatic rings. The van der Waals surface area contributed by atoms with Crippen LogP contribution in [0.25, 0.3) is 0 Å². The first-order chi connectivity index (χ1) is 12.0. The monoisotopic (exact) mass is 384 g/mol. The van der Waals surface area contributed by atoms with Gasteiger partial charge < -0.3 is 4.79 Å². The van der Waals surface area contributed by atoms with Gasteiger partial charge in [-0.25, -0.2) is 3.63 Å². The van der Waals surface area contributed by atoms with Crippen molar-refractivity contribution in [3.63, 3.8) is 0 Å². The summed E-state index contributed by atoms with van der Waals surface area (Å²) in [7, 11) is -5.76. The number of benzene rings is 1. The van der Waals surface area contributed by atoms with Gasteiger partial charge in [-0.3, -0.25) is 0 Å². The lowest BCUT2D eigenvalue weighted by molar-refractivity contribution is -0.105. The first-order valence-corrected chi connectivity index (χ1v) is 12.6. The Labute approximate surface area is 153 Å². The highest BCUT2D eigenvalue weighted by Crippen LogP contribution is 2.64. The first-order valence-electron chi connectivity index (χ1n) is 9.21. The highest BCUT2D eigenvalue weighted by atomic mass is 32.3. The molecule has 1 saturated heterocycles. The fourth-order valence-corrected chi connectivity index (χ4v) is 10.6. The number of carbonyl (C=O) groups is 1. The molecule has 0 bridgehead atoms. The van der Waals surface area contributed by atoms with E-state index in [1.807, 2.05) is 6.92 Å². The molecule has 4 nitrogen and oxygen atoms in total. The molecule has 140 valence electrons. The van der Waals surface area contributed by atoms with E-state index < -0.39 is 20.4 Å². The molecule has 0 spiro atoms. The molecule has 1 aliphatic carbocycles. The van der Waals surface area contributed by atoms with E-state index in [1.165, 1.54) is 19.3 Å². The maximum atomic E-state index is 12.9. The molecular weight excluding hydrogens is 356 g/mol. The normalized spacial score (nSPS) is 30.7. The van der Waals surface area contributed by atoms with E-state index >= 15 is 0 Å². The van der Waals surface area contributed by atoms with Crippen LogP contribution < -0.4 is 0 Å². The predicted molar refractivity (Wildman–Crippen MR) is 102 cm³/mol. The Bertz CT molecular complexity index is 693. The van der Waals surface area contributed by atoms with Crippen molar-refractivity contribution in [2.75, 3.05) is 11.5 Å². The fraction of sp³-hybridized carbons (Fsp3) is 0.632. The summed E-state index contributed by atoms with van der Waals surface area (Å²) in [5.74, 6) is 1.50. The number of aldehydes is 1. The largest absolute Gasteiger partial charge is 0.306 e. The van der Waals surface area contributed by atoms with Crippen LogP contribution in [-0.4, -0.2) is 31.5 Å². The van der Waals surface area contributed by atoms with Gasteiger partial charge in [-0.1, -0.05) is 37.0 Å². The van der Waals surface area contributed by atoms with E-state index in [-0.39, 0.29) is 15.9 Å². The van der Waals surface area contributed by atoms with Gasteiger partial charge in [-0.15, -0.1) is 10.3 Å². The van der Waals surface area contributed by atoms with Crippen LogP contribution in [0.2, 0.25) is 0 Å². The zero-order valence-corrected chi connectivity index (χ0v) is 16.5. The van der Waals surface area contributed by atoms with Gasteiger partial charge in [0, 0.05) is 11.0 Å². The molecule has 0 aromatic heterocycles. The van der Waals surface area contributed by atoms with Crippen LogP contribution in [0.4, 0.5) is 0 Å². The summed E-state index contributed by atoms with van der Waals surface area (Å²) in [5, 5.41) is 0.248. The second-order valence-corrected chi connectivity index (χ2v) is 12.3. The Morgan fingerprint density at radius 1 is 1.08 bits per heavy atom. The van der Waals surface area contributed by atoms with E-state index in [0.717, 1.165) is 43.3 Å². The molecule has 3 rings (SSSR count). The van der Waals surface area contributed by atoms with E-state index in [9.17, 15) is 13.2 Å². The van der Waals surface area contributed by atoms with Crippen LogP contribution in [0.15, 0.2) is 29.2 Å². The van der Waals surface area contributed by atoms with Gasteiger partial charge in [-0.05, 0) is 50.7 Å². The second kappa shape index (κ2) is 7.80. The summed E-state index contributed by atoms with van der Waals surface area (Å²) in [5.41, 5.74) is 1.01. The zero-order valence-electron chi connectivity index (χ0n) is 14.9. The quantitative estimate of drug-likeness (QED) is 0.684. The van der Waals surface area contributed by atoms with Gasteiger partial charge in [-0.2, -0.15) is 8.42 Å². The third-order valence-electron chi connectivity index (χ3n) is 5.59. The molecule has 2 fully saturated rings. The molecule has 25 heavy (non-hydrogen) atoms. The number of hydrogen-bond donors (Lipinski definition) is 0. The van der Waals surface area contributed by atoms with Crippen molar-refractivity contribution < 1.29 is 16.8 Å². The zero-order chi connectivity index (χ0) is 17.9. The van der Waals surface area contributed by atoms with Crippen LogP contribution >= 0.6 is 10.3 Å². The van der Waals surface area contributed by atoms with Crippen molar-refractivity contribution in [2.45, 2.75) is 62.0 Å². The van der Waals surface area contributed by atoms with Crippen molar-refractivity contribution in [3.8, 4) is 0 Å². The molecule has 1 aliphatic heterocycles. The molecule has 2 aliphatic rings. The minimum absolute atomic E-state index is 0.199. The fourth-order valence-electron chi connectivity index (χ4n) is 4.34. The summed E-state index contributed by atoms with van der Waals surface area (Å²) in [6, 6.07) is 6.77. The summed E-state index contributed by atoms with van der Waals surface area (Å²) in [6.45, 7) is 1.92. The summed E-state index contributed by atoms with van der Waals surface area (Å²) >= 11 is 0. The molecule has 2 unspecified atom stereocenters. The second-order valence-electron chi connectivity index (χ2n) is 7.32. The Hall–Kier alpha value is -0.850. The maximum absolute atomic E-state index is 12.9. The molecule has 2 atom stereocenters. The molecule has 0 N–H and O–H groups in total. The van der Waals surface area contributed by atoms with Crippen molar-refractivity contribution >= 4 is 26.7 Å². The lowest BCUT2D eigenvalue weighted by Crippen LogP contribution is -2.31. The van der Waals surface area contributed by atoms with Crippen LogP contribution in [0.1, 0.15) is 50.5 Å². The molecule has 1 heterocycles. The number of hydrogen-bond acceptors (Lipinski definition) is 4. The Balaban J connectivity index is 1.88. The Morgan fingerprint density at radius 3 is 2.40 bits per heavy atom. The minimum atomic E-state index is -3.83. The number of aryl methyl sites for hydroxylation is 1. The standard InChI is InChI=1S/C19H28O4S2/c1-16-9-11-18(12-10-16)25(21,22)23-24(15-13-20)14-5-8-19(24)17-6-3-2-4-7-17/h9-13,17,19H,2-8,14-15H2,1H3. The molecule has 1 aromatic carbocycles. The Morgan fingerprint density at radius 2 is 1.76 bits per heavy atom. The van der Waals surface area contributed by atoms with Crippen LogP contribution in [0.3, 0.4) is 0 Å². The average molecular weight is 385 g/mol. The van der Waals surface area contributed by atoms with Gasteiger partial charge in [0.05, 0.1) is 10.6 Å². The van der Waals surface area contributed by atoms with Crippen LogP contribution in [0.5, 0.6) is 0 Å². The molecule has 6 heteroatoms. The molecule has 1 saturated carbocycles. The molecule has 0 radical (unpaired) electrons. The highest BCUT2D eigenvalue weighted by Gasteiger charge is 2.46. The average Bonchev–Trinajstić information content (AvgIpc) is 2.99. The smallest absolute Gasteiger partial charge is 0.302 e. The van der Waals surface area contributed by atoms with Crippen molar-refractivity contribution in [2.24, 2.45) is 5.92 Å². The van der Waals surface area contributed by atoms with Crippen LogP contribution in [-0.2, 0) is 18.5 Å². The van der Waals surface area contributed by atoms with Crippen molar-refractivity contribution in [3.05, 3.63) is 29.8 Å². The predicted octanol–water partition coefficient (Wildman–Crippen LogP) is 4.36. The maximum Gasteiger partial charge on any atom is 0.306 e. The number of carbonyl (C=O) groups excluding carboxylic acids is 1. The van der Waals surface area contributed by atoms with Crippen molar-refractivity contribution in [1.82, 2.24) is 0 Å². The highest BCUT2D eigenvalue weighted by molar-refractivity contribution is 8.34. The van der Waals surface area contributed by atoms with Gasteiger partial charge in [0.25, 0.3) is 0 Å². The van der Waals surface area contributed by atoms with E-state index in [0.29, 0.717) is 5.92 Å². The minimum Gasteiger partial charge on any atom is -0.302 e. The van der Waals surface area contributed by atoms with E-state index in [2.05, 4.69) is 0 Å². The summed E-state index contributed by atoms with van der Waals surface area (Å²) in [4.78, 5) is 11.6. The SMILES string of the molecule is Cc1ccc(S(=O)(=O)OS2(CC=O)CCCC2C2CCCCC2)cc1. The van der Waals surface area contributed by atoms with Gasteiger partial charge in [0.1, 0.15) is 6.29 Å². The Kier molecular flexibility index (Phi) is 5.91. The van der Waals surface area contributed by atoms with E-state index in [1.54, 1.807) is 24.3 Å². The van der Waals surface area contributed by atoms with Gasteiger partial charge in [0.2, 0.25) is 0 Å². The molecule has 0 amide bonds. The lowest BCUT2D eigenvalue weighted by Gasteiger charge is -2.43. The molecular formula is C19H28O4S2. The lowest BCUT2D eigenvalue weighted by atomic mass is 9.85. The summed E-state index contributed by atoms with van der Waals surface area (Å²) in [6.07, 6.45) is 8.82. The van der Waals surface area contributed by atoms with Gasteiger partial charge in [0.15, 0.2) is 0 Å².